The van der Waals surface area contributed by atoms with Crippen molar-refractivity contribution in [3.8, 4) is 0 Å². The van der Waals surface area contributed by atoms with Crippen molar-refractivity contribution in [1.82, 2.24) is 20.4 Å². The van der Waals surface area contributed by atoms with Crippen LogP contribution in [-0.4, -0.2) is 76.9 Å². The average Bonchev–Trinajstić information content (AvgIpc) is 3.17. The molecule has 5 aromatic rings. The summed E-state index contributed by atoms with van der Waals surface area (Å²) in [6.07, 6.45) is 0.432. The predicted molar refractivity (Wildman–Crippen MR) is 224 cm³/mol. The van der Waals surface area contributed by atoms with Gasteiger partial charge in [0.25, 0.3) is 0 Å². The van der Waals surface area contributed by atoms with Gasteiger partial charge in [0.1, 0.15) is 18.1 Å². The lowest BCUT2D eigenvalue weighted by molar-refractivity contribution is -0.144. The summed E-state index contributed by atoms with van der Waals surface area (Å²) >= 11 is 6.53. The summed E-state index contributed by atoms with van der Waals surface area (Å²) in [5.74, 6) is -2.91. The molecular formula is C46H53ClN4O5. The van der Waals surface area contributed by atoms with E-state index < -0.39 is 41.8 Å². The summed E-state index contributed by atoms with van der Waals surface area (Å²) in [6, 6.07) is 32.0. The molecule has 3 N–H and O–H groups in total. The van der Waals surface area contributed by atoms with Crippen molar-refractivity contribution in [2.45, 2.75) is 71.6 Å². The van der Waals surface area contributed by atoms with Crippen molar-refractivity contribution in [1.29, 1.82) is 0 Å². The molecule has 3 atom stereocenters. The zero-order valence-electron chi connectivity index (χ0n) is 32.9. The summed E-state index contributed by atoms with van der Waals surface area (Å²) < 4.78 is 0. The van der Waals surface area contributed by atoms with Crippen molar-refractivity contribution >= 4 is 56.8 Å². The molecule has 10 heteroatoms. The number of carbonyl (C=O) groups is 4. The number of nitrogens with one attached hydrogen (secondary N) is 2. The maximum atomic E-state index is 14.7. The molecule has 0 heterocycles. The molecule has 0 aromatic heterocycles. The fourth-order valence-electron chi connectivity index (χ4n) is 7.20. The number of hydrogen-bond donors (Lipinski definition) is 3. The van der Waals surface area contributed by atoms with Gasteiger partial charge in [0, 0.05) is 31.1 Å². The zero-order chi connectivity index (χ0) is 40.4. The fraction of sp³-hybridized carbons (Fsp3) is 0.348. The standard InChI is InChI=1S/C46H53ClN4O5/c1-30(2)26-41(45(54)48-40(44(53)49-43(31(3)4)46(55)56)27-34-19-12-17-32-14-6-9-21-37(32)34)51(42(52)28-35-16-8-11-23-39(35)47)25-24-50(5)29-36-20-13-18-33-15-7-10-22-38(33)36/h6-23,30-31,40-41,43H,24-29H2,1-5H3,(H,48,54)(H,49,53)(H,55,56). The lowest BCUT2D eigenvalue weighted by atomic mass is 9.96. The third-order valence-electron chi connectivity index (χ3n) is 10.2. The molecule has 5 aromatic carbocycles. The van der Waals surface area contributed by atoms with Crippen LogP contribution in [0.25, 0.3) is 21.5 Å². The number of benzene rings is 5. The van der Waals surface area contributed by atoms with E-state index in [1.54, 1.807) is 36.9 Å². The highest BCUT2D eigenvalue weighted by molar-refractivity contribution is 6.31. The molecular weight excluding hydrogens is 724 g/mol. The Hall–Kier alpha value is -5.25. The number of likely N-dealkylation sites (N-methyl/N-ethyl adjacent to an activating group) is 1. The van der Waals surface area contributed by atoms with E-state index >= 15 is 0 Å². The summed E-state index contributed by atoms with van der Waals surface area (Å²) in [6.45, 7) is 8.75. The second-order valence-electron chi connectivity index (χ2n) is 15.3. The smallest absolute Gasteiger partial charge is 0.326 e. The first kappa shape index (κ1) is 41.9. The van der Waals surface area contributed by atoms with Crippen molar-refractivity contribution in [3.05, 3.63) is 131 Å². The van der Waals surface area contributed by atoms with Crippen LogP contribution in [0.15, 0.2) is 109 Å². The van der Waals surface area contributed by atoms with Gasteiger partial charge in [-0.3, -0.25) is 14.4 Å². The Labute approximate surface area is 335 Å². The third kappa shape index (κ3) is 11.0. The molecule has 0 fully saturated rings. The third-order valence-corrected chi connectivity index (χ3v) is 10.6. The second-order valence-corrected chi connectivity index (χ2v) is 15.8. The molecule has 3 amide bonds. The van der Waals surface area contributed by atoms with Crippen molar-refractivity contribution in [3.63, 3.8) is 0 Å². The number of carboxylic acid groups (broad SMARTS) is 1. The van der Waals surface area contributed by atoms with E-state index in [2.05, 4.69) is 39.8 Å². The van der Waals surface area contributed by atoms with Crippen molar-refractivity contribution < 1.29 is 24.3 Å². The van der Waals surface area contributed by atoms with Crippen molar-refractivity contribution in [2.24, 2.45) is 11.8 Å². The minimum absolute atomic E-state index is 0.0107. The van der Waals surface area contributed by atoms with E-state index in [-0.39, 0.29) is 31.2 Å². The van der Waals surface area contributed by atoms with Gasteiger partial charge in [-0.25, -0.2) is 4.79 Å². The Morgan fingerprint density at radius 1 is 0.679 bits per heavy atom. The first-order valence-electron chi connectivity index (χ1n) is 19.3. The van der Waals surface area contributed by atoms with Crippen molar-refractivity contribution in [2.75, 3.05) is 20.1 Å². The molecule has 0 aliphatic rings. The van der Waals surface area contributed by atoms with E-state index in [1.165, 1.54) is 0 Å². The predicted octanol–water partition coefficient (Wildman–Crippen LogP) is 7.52. The number of aliphatic carboxylic acids is 1. The van der Waals surface area contributed by atoms with Crippen LogP contribution in [-0.2, 0) is 38.6 Å². The number of carboxylic acids is 1. The number of carbonyl (C=O) groups excluding carboxylic acids is 3. The van der Waals surface area contributed by atoms with Crippen LogP contribution in [0.1, 0.15) is 50.8 Å². The maximum absolute atomic E-state index is 14.7. The van der Waals surface area contributed by atoms with Crippen LogP contribution < -0.4 is 10.6 Å². The minimum atomic E-state index is -1.16. The normalized spacial score (nSPS) is 13.2. The molecule has 56 heavy (non-hydrogen) atoms. The minimum Gasteiger partial charge on any atom is -0.480 e. The summed E-state index contributed by atoms with van der Waals surface area (Å²) in [5.41, 5.74) is 2.63. The first-order chi connectivity index (χ1) is 26.8. The quantitative estimate of drug-likeness (QED) is 0.0848. The molecule has 294 valence electrons. The van der Waals surface area contributed by atoms with Gasteiger partial charge >= 0.3 is 5.97 Å². The highest BCUT2D eigenvalue weighted by Crippen LogP contribution is 2.23. The van der Waals surface area contributed by atoms with Crippen LogP contribution in [0, 0.1) is 11.8 Å². The Bertz CT molecular complexity index is 2140. The molecule has 3 unspecified atom stereocenters. The van der Waals surface area contributed by atoms with Crippen LogP contribution in [0.3, 0.4) is 0 Å². The summed E-state index contributed by atoms with van der Waals surface area (Å²) in [4.78, 5) is 59.1. The maximum Gasteiger partial charge on any atom is 0.326 e. The Kier molecular flexibility index (Phi) is 14.6. The number of fused-ring (bicyclic) bond motifs is 2. The molecule has 0 radical (unpaired) electrons. The van der Waals surface area contributed by atoms with Crippen LogP contribution in [0.4, 0.5) is 0 Å². The molecule has 9 nitrogen and oxygen atoms in total. The highest BCUT2D eigenvalue weighted by Gasteiger charge is 2.35. The van der Waals surface area contributed by atoms with Gasteiger partial charge in [-0.05, 0) is 69.6 Å². The van der Waals surface area contributed by atoms with Gasteiger partial charge < -0.3 is 25.5 Å². The molecule has 0 aliphatic carbocycles. The van der Waals surface area contributed by atoms with Gasteiger partial charge in [-0.1, -0.05) is 142 Å². The Morgan fingerprint density at radius 2 is 1.23 bits per heavy atom. The van der Waals surface area contributed by atoms with Crippen LogP contribution >= 0.6 is 11.6 Å². The number of rotatable bonds is 18. The van der Waals surface area contributed by atoms with E-state index in [9.17, 15) is 24.3 Å². The number of nitrogens with zero attached hydrogens (tertiary/aromatic N) is 2. The molecule has 0 saturated heterocycles. The molecule has 0 saturated carbocycles. The Balaban J connectivity index is 1.47. The largest absolute Gasteiger partial charge is 0.480 e. The Morgan fingerprint density at radius 3 is 1.84 bits per heavy atom. The number of hydrogen-bond acceptors (Lipinski definition) is 5. The first-order valence-corrected chi connectivity index (χ1v) is 19.7. The summed E-state index contributed by atoms with van der Waals surface area (Å²) in [5, 5.41) is 20.3. The fourth-order valence-corrected chi connectivity index (χ4v) is 7.40. The number of halogens is 1. The van der Waals surface area contributed by atoms with Crippen LogP contribution in [0.2, 0.25) is 5.02 Å². The molecule has 0 spiro atoms. The molecule has 0 bridgehead atoms. The number of amides is 3. The SMILES string of the molecule is CC(C)CC(C(=O)NC(Cc1cccc2ccccc12)C(=O)NC(C(=O)O)C(C)C)N(CCN(C)Cc1cccc2ccccc12)C(=O)Cc1ccccc1Cl. The zero-order valence-corrected chi connectivity index (χ0v) is 33.6. The van der Waals surface area contributed by atoms with Gasteiger partial charge in [-0.15, -0.1) is 0 Å². The highest BCUT2D eigenvalue weighted by atomic mass is 35.5. The van der Waals surface area contributed by atoms with E-state index in [4.69, 9.17) is 11.6 Å². The average molecular weight is 777 g/mol. The molecule has 5 rings (SSSR count). The van der Waals surface area contributed by atoms with E-state index in [0.717, 1.165) is 32.7 Å². The van der Waals surface area contributed by atoms with Gasteiger partial charge in [0.2, 0.25) is 17.7 Å². The molecule has 0 aliphatic heterocycles. The lowest BCUT2D eigenvalue weighted by Crippen LogP contribution is -2.58. The van der Waals surface area contributed by atoms with E-state index in [0.29, 0.717) is 30.1 Å². The topological polar surface area (TPSA) is 119 Å². The van der Waals surface area contributed by atoms with Gasteiger partial charge in [0.15, 0.2) is 0 Å². The van der Waals surface area contributed by atoms with Gasteiger partial charge in [-0.2, -0.15) is 0 Å². The second kappa shape index (κ2) is 19.6. The van der Waals surface area contributed by atoms with Gasteiger partial charge in [0.05, 0.1) is 6.42 Å². The van der Waals surface area contributed by atoms with E-state index in [1.807, 2.05) is 87.6 Å². The summed E-state index contributed by atoms with van der Waals surface area (Å²) in [7, 11) is 1.99. The monoisotopic (exact) mass is 776 g/mol. The lowest BCUT2D eigenvalue weighted by Gasteiger charge is -2.35. The van der Waals surface area contributed by atoms with Crippen LogP contribution in [0.5, 0.6) is 0 Å².